The molecule has 6 atom stereocenters. The third-order valence-electron chi connectivity index (χ3n) is 4.23. The maximum Gasteiger partial charge on any atom is 0.308 e. The van der Waals surface area contributed by atoms with E-state index < -0.39 is 23.8 Å². The van der Waals surface area contributed by atoms with E-state index in [4.69, 9.17) is 0 Å². The number of allylic oxidation sites excluding steroid dienone is 4. The standard InChI is InChI=1S/C12H12O4/c13-11(14)9-7-3-4-8(10(9)12(15)16)6-2-1-5(6)7/h1-10H,(H,13,14)(H,15,16)/t5-,6+,7-,8-,9+,10+/m0/s1. The highest BCUT2D eigenvalue weighted by atomic mass is 16.4. The zero-order chi connectivity index (χ0) is 11.4. The number of carbonyl (C=O) groups is 2. The third kappa shape index (κ3) is 0.991. The fraction of sp³-hybridized carbons (Fsp3) is 0.500. The number of hydrogen-bond donors (Lipinski definition) is 2. The minimum atomic E-state index is -0.981. The lowest BCUT2D eigenvalue weighted by atomic mass is 9.50. The SMILES string of the molecule is O=C(O)[C@@H]1[C@H]2C=C[C@@H]([C@H]3C=C[C@H]32)[C@H]1C(=O)O. The van der Waals surface area contributed by atoms with Gasteiger partial charge in [-0.15, -0.1) is 0 Å². The summed E-state index contributed by atoms with van der Waals surface area (Å²) in [6.45, 7) is 0. The second kappa shape index (κ2) is 2.97. The molecule has 0 saturated heterocycles. The number of carboxylic acids is 2. The molecule has 4 nitrogen and oxygen atoms in total. The molecule has 0 aromatic heterocycles. The Morgan fingerprint density at radius 3 is 1.25 bits per heavy atom. The molecular weight excluding hydrogens is 208 g/mol. The summed E-state index contributed by atoms with van der Waals surface area (Å²) in [5.41, 5.74) is 0. The summed E-state index contributed by atoms with van der Waals surface area (Å²) in [5, 5.41) is 18.4. The maximum atomic E-state index is 11.2. The van der Waals surface area contributed by atoms with E-state index in [2.05, 4.69) is 0 Å². The van der Waals surface area contributed by atoms with Crippen LogP contribution in [0.4, 0.5) is 0 Å². The van der Waals surface area contributed by atoms with Crippen LogP contribution in [-0.4, -0.2) is 22.2 Å². The summed E-state index contributed by atoms with van der Waals surface area (Å²) >= 11 is 0. The van der Waals surface area contributed by atoms with Crippen molar-refractivity contribution >= 4 is 11.9 Å². The van der Waals surface area contributed by atoms with Crippen LogP contribution in [0.3, 0.4) is 0 Å². The van der Waals surface area contributed by atoms with Gasteiger partial charge in [-0.2, -0.15) is 0 Å². The molecule has 1 fully saturated rings. The number of rotatable bonds is 2. The Kier molecular flexibility index (Phi) is 1.79. The van der Waals surface area contributed by atoms with Gasteiger partial charge in [0, 0.05) is 0 Å². The van der Waals surface area contributed by atoms with E-state index >= 15 is 0 Å². The van der Waals surface area contributed by atoms with Crippen molar-refractivity contribution in [2.75, 3.05) is 0 Å². The molecule has 4 aliphatic rings. The van der Waals surface area contributed by atoms with Crippen LogP contribution in [-0.2, 0) is 9.59 Å². The smallest absolute Gasteiger partial charge is 0.308 e. The Balaban J connectivity index is 2.05. The van der Waals surface area contributed by atoms with Crippen molar-refractivity contribution < 1.29 is 19.8 Å². The minimum Gasteiger partial charge on any atom is -0.481 e. The summed E-state index contributed by atoms with van der Waals surface area (Å²) in [4.78, 5) is 22.4. The zero-order valence-electron chi connectivity index (χ0n) is 8.48. The zero-order valence-corrected chi connectivity index (χ0v) is 8.48. The molecule has 0 amide bonds. The Hall–Kier alpha value is -1.58. The normalized spacial score (nSPS) is 47.2. The molecular formula is C12H12O4. The fourth-order valence-electron chi connectivity index (χ4n) is 3.48. The van der Waals surface area contributed by atoms with E-state index in [9.17, 15) is 19.8 Å². The fourth-order valence-corrected chi connectivity index (χ4v) is 3.48. The first-order valence-electron chi connectivity index (χ1n) is 5.43. The predicted molar refractivity (Wildman–Crippen MR) is 54.5 cm³/mol. The van der Waals surface area contributed by atoms with Crippen molar-refractivity contribution in [3.05, 3.63) is 24.3 Å². The van der Waals surface area contributed by atoms with Crippen LogP contribution >= 0.6 is 0 Å². The van der Waals surface area contributed by atoms with E-state index in [0.29, 0.717) is 0 Å². The Morgan fingerprint density at radius 2 is 1.00 bits per heavy atom. The first-order chi connectivity index (χ1) is 7.61. The third-order valence-corrected chi connectivity index (χ3v) is 4.23. The largest absolute Gasteiger partial charge is 0.481 e. The molecule has 1 saturated carbocycles. The van der Waals surface area contributed by atoms with Gasteiger partial charge in [0.05, 0.1) is 11.8 Å². The highest BCUT2D eigenvalue weighted by molar-refractivity contribution is 5.82. The highest BCUT2D eigenvalue weighted by Crippen LogP contribution is 2.55. The molecule has 84 valence electrons. The lowest BCUT2D eigenvalue weighted by molar-refractivity contribution is -0.163. The summed E-state index contributed by atoms with van der Waals surface area (Å²) in [6.07, 6.45) is 7.82. The van der Waals surface area contributed by atoms with Gasteiger partial charge in [-0.1, -0.05) is 24.3 Å². The van der Waals surface area contributed by atoms with Crippen molar-refractivity contribution in [2.24, 2.45) is 35.5 Å². The quantitative estimate of drug-likeness (QED) is 0.681. The average Bonchev–Trinajstić information content (AvgIpc) is 2.15. The molecule has 0 spiro atoms. The molecule has 0 aliphatic heterocycles. The van der Waals surface area contributed by atoms with Crippen LogP contribution < -0.4 is 0 Å². The van der Waals surface area contributed by atoms with E-state index in [1.54, 1.807) is 0 Å². The second-order valence-electron chi connectivity index (χ2n) is 4.81. The molecule has 2 bridgehead atoms. The number of carboxylic acid groups (broad SMARTS) is 2. The van der Waals surface area contributed by atoms with Gasteiger partial charge in [-0.05, 0) is 23.7 Å². The first kappa shape index (κ1) is 9.63. The molecule has 16 heavy (non-hydrogen) atoms. The van der Waals surface area contributed by atoms with Gasteiger partial charge in [0.2, 0.25) is 0 Å². The van der Waals surface area contributed by atoms with Crippen LogP contribution in [0, 0.1) is 35.5 Å². The molecule has 0 aromatic carbocycles. The molecule has 0 heterocycles. The molecule has 0 aromatic rings. The van der Waals surface area contributed by atoms with Crippen LogP contribution in [0.15, 0.2) is 24.3 Å². The van der Waals surface area contributed by atoms with Gasteiger partial charge in [0.1, 0.15) is 0 Å². The molecule has 0 radical (unpaired) electrons. The number of aliphatic carboxylic acids is 2. The second-order valence-corrected chi connectivity index (χ2v) is 4.81. The summed E-state index contributed by atoms with van der Waals surface area (Å²) in [7, 11) is 0. The number of fused-ring (bicyclic) bond motifs is 1. The van der Waals surface area contributed by atoms with Crippen LogP contribution in [0.5, 0.6) is 0 Å². The van der Waals surface area contributed by atoms with E-state index in [1.807, 2.05) is 24.3 Å². The van der Waals surface area contributed by atoms with E-state index in [0.717, 1.165) is 0 Å². The van der Waals surface area contributed by atoms with Gasteiger partial charge in [-0.3, -0.25) is 9.59 Å². The topological polar surface area (TPSA) is 74.6 Å². The first-order valence-corrected chi connectivity index (χ1v) is 5.43. The lowest BCUT2D eigenvalue weighted by Gasteiger charge is -2.52. The molecule has 4 rings (SSSR count). The van der Waals surface area contributed by atoms with Crippen molar-refractivity contribution in [3.8, 4) is 0 Å². The van der Waals surface area contributed by atoms with E-state index in [-0.39, 0.29) is 23.7 Å². The highest BCUT2D eigenvalue weighted by Gasteiger charge is 2.57. The molecule has 0 unspecified atom stereocenters. The maximum absolute atomic E-state index is 11.2. The van der Waals surface area contributed by atoms with Crippen molar-refractivity contribution in [1.29, 1.82) is 0 Å². The van der Waals surface area contributed by atoms with Crippen molar-refractivity contribution in [3.63, 3.8) is 0 Å². The van der Waals surface area contributed by atoms with Crippen molar-refractivity contribution in [1.82, 2.24) is 0 Å². The van der Waals surface area contributed by atoms with Gasteiger partial charge >= 0.3 is 11.9 Å². The van der Waals surface area contributed by atoms with Gasteiger partial charge in [0.15, 0.2) is 0 Å². The Labute approximate surface area is 92.3 Å². The van der Waals surface area contributed by atoms with Crippen molar-refractivity contribution in [2.45, 2.75) is 0 Å². The van der Waals surface area contributed by atoms with Gasteiger partial charge in [0.25, 0.3) is 0 Å². The lowest BCUT2D eigenvalue weighted by Crippen LogP contribution is -2.54. The van der Waals surface area contributed by atoms with Crippen LogP contribution in [0.2, 0.25) is 0 Å². The van der Waals surface area contributed by atoms with Crippen LogP contribution in [0.1, 0.15) is 0 Å². The monoisotopic (exact) mass is 220 g/mol. The Morgan fingerprint density at radius 1 is 0.688 bits per heavy atom. The van der Waals surface area contributed by atoms with E-state index in [1.165, 1.54) is 0 Å². The minimum absolute atomic E-state index is 0.140. The summed E-state index contributed by atoms with van der Waals surface area (Å²) in [5.74, 6) is -3.29. The molecule has 2 N–H and O–H groups in total. The molecule has 4 heteroatoms. The number of hydrogen-bond acceptors (Lipinski definition) is 2. The average molecular weight is 220 g/mol. The Bertz CT molecular complexity index is 385. The predicted octanol–water partition coefficient (Wildman–Crippen LogP) is 1.01. The van der Waals surface area contributed by atoms with Gasteiger partial charge < -0.3 is 10.2 Å². The van der Waals surface area contributed by atoms with Crippen LogP contribution in [0.25, 0.3) is 0 Å². The molecule has 4 aliphatic carbocycles. The van der Waals surface area contributed by atoms with Gasteiger partial charge in [-0.25, -0.2) is 0 Å². The summed E-state index contributed by atoms with van der Waals surface area (Å²) < 4.78 is 0. The summed E-state index contributed by atoms with van der Waals surface area (Å²) in [6, 6.07) is 0.